The van der Waals surface area contributed by atoms with Crippen molar-refractivity contribution < 1.29 is 0 Å². The summed E-state index contributed by atoms with van der Waals surface area (Å²) in [6, 6.07) is 4.25. The molecule has 0 unspecified atom stereocenters. The number of hydrogen-bond donors (Lipinski definition) is 1. The van der Waals surface area contributed by atoms with E-state index in [4.69, 9.17) is 0 Å². The number of nitrogens with zero attached hydrogens (tertiary/aromatic N) is 2. The Bertz CT molecular complexity index is 495. The Kier molecular flexibility index (Phi) is 2.40. The monoisotopic (exact) mass is 215 g/mol. The molecule has 0 bridgehead atoms. The van der Waals surface area contributed by atoms with E-state index in [0.29, 0.717) is 5.92 Å². The maximum absolute atomic E-state index is 4.62. The molecular formula is C13H17N3. The van der Waals surface area contributed by atoms with Crippen LogP contribution < -0.4 is 5.32 Å². The lowest BCUT2D eigenvalue weighted by molar-refractivity contribution is 0.456. The normalized spacial score (nSPS) is 18.1. The van der Waals surface area contributed by atoms with Crippen molar-refractivity contribution in [2.45, 2.75) is 25.7 Å². The first-order valence-electron chi connectivity index (χ1n) is 5.99. The maximum Gasteiger partial charge on any atom is 0.0995 e. The van der Waals surface area contributed by atoms with Crippen molar-refractivity contribution in [3.8, 4) is 0 Å². The van der Waals surface area contributed by atoms with Gasteiger partial charge in [0.1, 0.15) is 0 Å². The quantitative estimate of drug-likeness (QED) is 0.789. The van der Waals surface area contributed by atoms with Crippen LogP contribution in [0.15, 0.2) is 24.7 Å². The number of pyridine rings is 1. The smallest absolute Gasteiger partial charge is 0.0995 e. The molecule has 0 spiro atoms. The van der Waals surface area contributed by atoms with Gasteiger partial charge in [0.05, 0.1) is 17.5 Å². The van der Waals surface area contributed by atoms with E-state index in [1.807, 2.05) is 6.33 Å². The Morgan fingerprint density at radius 2 is 2.19 bits per heavy atom. The van der Waals surface area contributed by atoms with Gasteiger partial charge in [-0.05, 0) is 44.5 Å². The molecule has 0 aliphatic carbocycles. The fourth-order valence-electron chi connectivity index (χ4n) is 2.65. The minimum absolute atomic E-state index is 0.632. The number of imidazole rings is 1. The molecule has 2 aromatic rings. The molecule has 0 atom stereocenters. The highest BCUT2D eigenvalue weighted by atomic mass is 15.0. The molecule has 16 heavy (non-hydrogen) atoms. The van der Waals surface area contributed by atoms with Crippen LogP contribution in [0.3, 0.4) is 0 Å². The predicted molar refractivity (Wildman–Crippen MR) is 64.8 cm³/mol. The predicted octanol–water partition coefficient (Wildman–Crippen LogP) is 2.11. The lowest BCUT2D eigenvalue weighted by Crippen LogP contribution is -2.26. The van der Waals surface area contributed by atoms with Gasteiger partial charge in [0.15, 0.2) is 0 Å². The van der Waals surface area contributed by atoms with Crippen molar-refractivity contribution in [1.29, 1.82) is 0 Å². The lowest BCUT2D eigenvalue weighted by Gasteiger charge is -2.21. The molecule has 0 amide bonds. The molecule has 0 aromatic carbocycles. The van der Waals surface area contributed by atoms with Crippen LogP contribution >= 0.6 is 0 Å². The van der Waals surface area contributed by atoms with Gasteiger partial charge < -0.3 is 9.72 Å². The van der Waals surface area contributed by atoms with Crippen LogP contribution in [-0.2, 0) is 0 Å². The van der Waals surface area contributed by atoms with Crippen molar-refractivity contribution in [3.05, 3.63) is 35.9 Å². The number of rotatable bonds is 1. The summed E-state index contributed by atoms with van der Waals surface area (Å²) in [6.07, 6.45) is 6.45. The number of fused-ring (bicyclic) bond motifs is 1. The van der Waals surface area contributed by atoms with E-state index in [0.717, 1.165) is 13.1 Å². The minimum Gasteiger partial charge on any atom is -0.317 e. The highest BCUT2D eigenvalue weighted by Gasteiger charge is 2.20. The summed E-state index contributed by atoms with van der Waals surface area (Å²) in [7, 11) is 0. The maximum atomic E-state index is 4.62. The average Bonchev–Trinajstić information content (AvgIpc) is 2.75. The van der Waals surface area contributed by atoms with Gasteiger partial charge in [0.2, 0.25) is 0 Å². The molecule has 0 saturated carbocycles. The zero-order chi connectivity index (χ0) is 11.0. The van der Waals surface area contributed by atoms with E-state index in [1.54, 1.807) is 0 Å². The Morgan fingerprint density at radius 1 is 1.38 bits per heavy atom. The second kappa shape index (κ2) is 3.91. The molecule has 1 saturated heterocycles. The van der Waals surface area contributed by atoms with E-state index in [1.165, 1.54) is 29.6 Å². The number of aromatic nitrogens is 2. The Hall–Kier alpha value is -1.35. The zero-order valence-electron chi connectivity index (χ0n) is 9.61. The van der Waals surface area contributed by atoms with Gasteiger partial charge in [0, 0.05) is 12.1 Å². The highest BCUT2D eigenvalue weighted by molar-refractivity contribution is 5.59. The summed E-state index contributed by atoms with van der Waals surface area (Å²) in [4.78, 5) is 4.62. The van der Waals surface area contributed by atoms with E-state index >= 15 is 0 Å². The number of hydrogen-bond acceptors (Lipinski definition) is 2. The fourth-order valence-corrected chi connectivity index (χ4v) is 2.65. The molecule has 84 valence electrons. The van der Waals surface area contributed by atoms with E-state index in [2.05, 4.69) is 40.0 Å². The third-order valence-electron chi connectivity index (χ3n) is 3.51. The summed E-state index contributed by atoms with van der Waals surface area (Å²) in [5.74, 6) is 0.632. The van der Waals surface area contributed by atoms with Crippen LogP contribution in [0.4, 0.5) is 0 Å². The Balaban J connectivity index is 2.09. The van der Waals surface area contributed by atoms with Crippen LogP contribution in [0.5, 0.6) is 0 Å². The second-order valence-electron chi connectivity index (χ2n) is 4.60. The van der Waals surface area contributed by atoms with E-state index in [-0.39, 0.29) is 0 Å². The molecule has 1 aliphatic rings. The molecule has 3 nitrogen and oxygen atoms in total. The molecule has 1 aliphatic heterocycles. The molecule has 1 N–H and O–H groups in total. The van der Waals surface area contributed by atoms with Gasteiger partial charge >= 0.3 is 0 Å². The van der Waals surface area contributed by atoms with Crippen LogP contribution in [-0.4, -0.2) is 22.5 Å². The Labute approximate surface area is 95.5 Å². The van der Waals surface area contributed by atoms with Crippen molar-refractivity contribution in [2.75, 3.05) is 13.1 Å². The van der Waals surface area contributed by atoms with Crippen molar-refractivity contribution in [2.24, 2.45) is 0 Å². The van der Waals surface area contributed by atoms with Crippen molar-refractivity contribution in [3.63, 3.8) is 0 Å². The first-order valence-corrected chi connectivity index (χ1v) is 5.99. The molecule has 3 rings (SSSR count). The number of piperidine rings is 1. The van der Waals surface area contributed by atoms with Crippen molar-refractivity contribution >= 4 is 5.52 Å². The molecule has 0 radical (unpaired) electrons. The minimum atomic E-state index is 0.632. The van der Waals surface area contributed by atoms with Crippen LogP contribution in [0.2, 0.25) is 0 Å². The molecule has 2 aromatic heterocycles. The number of nitrogens with one attached hydrogen (secondary N) is 1. The molecule has 1 fully saturated rings. The summed E-state index contributed by atoms with van der Waals surface area (Å²) < 4.78 is 2.15. The first kappa shape index (κ1) is 9.85. The van der Waals surface area contributed by atoms with Gasteiger partial charge in [-0.1, -0.05) is 6.07 Å². The lowest BCUT2D eigenvalue weighted by atomic mass is 9.93. The van der Waals surface area contributed by atoms with Crippen LogP contribution in [0.25, 0.3) is 5.52 Å². The second-order valence-corrected chi connectivity index (χ2v) is 4.60. The van der Waals surface area contributed by atoms with Gasteiger partial charge in [-0.3, -0.25) is 0 Å². The number of aryl methyl sites for hydroxylation is 1. The third-order valence-corrected chi connectivity index (χ3v) is 3.51. The molecule has 3 heterocycles. The summed E-state index contributed by atoms with van der Waals surface area (Å²) in [6.45, 7) is 4.41. The third kappa shape index (κ3) is 1.52. The van der Waals surface area contributed by atoms with Gasteiger partial charge in [-0.25, -0.2) is 4.98 Å². The van der Waals surface area contributed by atoms with E-state index < -0.39 is 0 Å². The summed E-state index contributed by atoms with van der Waals surface area (Å²) >= 11 is 0. The summed E-state index contributed by atoms with van der Waals surface area (Å²) in [5, 5.41) is 3.40. The van der Waals surface area contributed by atoms with Crippen molar-refractivity contribution in [1.82, 2.24) is 14.7 Å². The highest BCUT2D eigenvalue weighted by Crippen LogP contribution is 2.28. The van der Waals surface area contributed by atoms with Gasteiger partial charge in [-0.15, -0.1) is 0 Å². The topological polar surface area (TPSA) is 29.3 Å². The largest absolute Gasteiger partial charge is 0.317 e. The fraction of sp³-hybridized carbons (Fsp3) is 0.462. The van der Waals surface area contributed by atoms with Crippen LogP contribution in [0, 0.1) is 6.92 Å². The van der Waals surface area contributed by atoms with E-state index in [9.17, 15) is 0 Å². The average molecular weight is 215 g/mol. The zero-order valence-corrected chi connectivity index (χ0v) is 9.61. The molecule has 3 heteroatoms. The molecular weight excluding hydrogens is 198 g/mol. The van der Waals surface area contributed by atoms with Crippen LogP contribution in [0.1, 0.15) is 30.0 Å². The SMILES string of the molecule is Cc1cccn2cnc(C3CCNCC3)c12. The standard InChI is InChI=1S/C13H17N3/c1-10-3-2-8-16-9-15-12(13(10)16)11-4-6-14-7-5-11/h2-3,8-9,11,14H,4-7H2,1H3. The van der Waals surface area contributed by atoms with Gasteiger partial charge in [0.25, 0.3) is 0 Å². The van der Waals surface area contributed by atoms with Gasteiger partial charge in [-0.2, -0.15) is 0 Å². The Morgan fingerprint density at radius 3 is 3.00 bits per heavy atom. The summed E-state index contributed by atoms with van der Waals surface area (Å²) in [5.41, 5.74) is 3.93. The first-order chi connectivity index (χ1) is 7.86.